The average Bonchev–Trinajstić information content (AvgIpc) is 3.86. The molecule has 53 heavy (non-hydrogen) atoms. The van der Waals surface area contributed by atoms with Crippen molar-refractivity contribution in [3.63, 3.8) is 0 Å². The van der Waals surface area contributed by atoms with Gasteiger partial charge in [0.15, 0.2) is 17.5 Å². The van der Waals surface area contributed by atoms with Gasteiger partial charge in [-0.3, -0.25) is 0 Å². The number of nitrogens with zero attached hydrogens (tertiary/aromatic N) is 3. The Hall–Kier alpha value is -6.85. The van der Waals surface area contributed by atoms with E-state index >= 15 is 0 Å². The molecule has 0 N–H and O–H groups in total. The molecule has 3 heterocycles. The maximum Gasteiger partial charge on any atom is 0.164 e. The highest BCUT2D eigenvalue weighted by Crippen LogP contribution is 2.57. The van der Waals surface area contributed by atoms with E-state index in [1.165, 1.54) is 11.1 Å². The molecule has 10 aromatic rings. The molecule has 0 atom stereocenters. The van der Waals surface area contributed by atoms with Crippen molar-refractivity contribution in [3.8, 4) is 56.4 Å². The van der Waals surface area contributed by atoms with Crippen molar-refractivity contribution in [2.75, 3.05) is 0 Å². The molecule has 0 bridgehead atoms. The zero-order valence-corrected chi connectivity index (χ0v) is 29.1. The molecule has 1 aliphatic rings. The van der Waals surface area contributed by atoms with Crippen LogP contribution in [0.25, 0.3) is 100 Å². The summed E-state index contributed by atoms with van der Waals surface area (Å²) in [6.45, 7) is 4.62. The van der Waals surface area contributed by atoms with E-state index in [1.807, 2.05) is 78.9 Å². The molecule has 250 valence electrons. The zero-order valence-electron chi connectivity index (χ0n) is 29.1. The minimum absolute atomic E-state index is 0.285. The summed E-state index contributed by atoms with van der Waals surface area (Å²) in [5, 5.41) is 4.43. The number of benzene rings is 7. The van der Waals surface area contributed by atoms with Crippen LogP contribution in [0.3, 0.4) is 0 Å². The highest BCUT2D eigenvalue weighted by atomic mass is 16.3. The van der Waals surface area contributed by atoms with Crippen LogP contribution in [0.15, 0.2) is 160 Å². The predicted octanol–water partition coefficient (Wildman–Crippen LogP) is 12.6. The molecule has 0 radical (unpaired) electrons. The van der Waals surface area contributed by atoms with Gasteiger partial charge in [0, 0.05) is 54.8 Å². The molecule has 0 unspecified atom stereocenters. The monoisotopic (exact) mass is 681 g/mol. The quantitative estimate of drug-likeness (QED) is 0.185. The molecule has 5 heteroatoms. The third-order valence-corrected chi connectivity index (χ3v) is 10.9. The van der Waals surface area contributed by atoms with Crippen LogP contribution in [0.1, 0.15) is 25.0 Å². The molecule has 5 nitrogen and oxygen atoms in total. The third kappa shape index (κ3) is 4.40. The first-order valence-corrected chi connectivity index (χ1v) is 17.9. The van der Waals surface area contributed by atoms with Crippen LogP contribution in [0.2, 0.25) is 0 Å². The Kier molecular flexibility index (Phi) is 6.23. The van der Waals surface area contributed by atoms with Crippen molar-refractivity contribution >= 4 is 43.9 Å². The number of para-hydroxylation sites is 2. The first-order valence-electron chi connectivity index (χ1n) is 17.9. The van der Waals surface area contributed by atoms with Crippen LogP contribution in [0, 0.1) is 0 Å². The highest BCUT2D eigenvalue weighted by Gasteiger charge is 2.41. The number of hydrogen-bond acceptors (Lipinski definition) is 5. The average molecular weight is 682 g/mol. The summed E-state index contributed by atoms with van der Waals surface area (Å²) in [5.41, 5.74) is 13.0. The van der Waals surface area contributed by atoms with E-state index in [4.69, 9.17) is 23.8 Å². The maximum absolute atomic E-state index is 6.87. The second-order valence-corrected chi connectivity index (χ2v) is 14.4. The van der Waals surface area contributed by atoms with Gasteiger partial charge < -0.3 is 8.83 Å². The lowest BCUT2D eigenvalue weighted by Gasteiger charge is -2.22. The summed E-state index contributed by atoms with van der Waals surface area (Å²) >= 11 is 0. The summed E-state index contributed by atoms with van der Waals surface area (Å²) in [7, 11) is 0. The van der Waals surface area contributed by atoms with E-state index in [0.29, 0.717) is 17.5 Å². The molecule has 0 amide bonds. The Bertz CT molecular complexity index is 3010. The van der Waals surface area contributed by atoms with Crippen molar-refractivity contribution in [2.45, 2.75) is 19.3 Å². The number of fused-ring (bicyclic) bond motifs is 11. The standard InChI is InChI=1S/C48H31N3O2/c1-48(2)36-26-25-33-32-17-9-11-19-38(32)52-43(33)41(36)42-37(48)27-35(40-34-18-10-12-20-39(34)53-44(40)42)28-21-23-31(24-22-28)47-50-45(29-13-5-3-6-14-29)49-46(51-47)30-15-7-4-8-16-30/h3-27H,1-2H3. The van der Waals surface area contributed by atoms with Crippen LogP contribution >= 0.6 is 0 Å². The Morgan fingerprint density at radius 3 is 1.55 bits per heavy atom. The third-order valence-electron chi connectivity index (χ3n) is 10.9. The van der Waals surface area contributed by atoms with Crippen LogP contribution in [0.5, 0.6) is 0 Å². The second-order valence-electron chi connectivity index (χ2n) is 14.4. The molecular formula is C48H31N3O2. The Morgan fingerprint density at radius 1 is 0.415 bits per heavy atom. The lowest BCUT2D eigenvalue weighted by Crippen LogP contribution is -2.15. The first-order chi connectivity index (χ1) is 26.0. The Labute approximate surface area is 305 Å². The fourth-order valence-electron chi connectivity index (χ4n) is 8.31. The van der Waals surface area contributed by atoms with Gasteiger partial charge in [-0.1, -0.05) is 147 Å². The smallest absolute Gasteiger partial charge is 0.164 e. The molecule has 7 aromatic carbocycles. The SMILES string of the molecule is CC1(C)c2ccc3c(oc4ccccc43)c2-c2c1cc(-c1ccc(-c3nc(-c4ccccc4)nc(-c4ccccc4)n3)cc1)c1c2oc2ccccc21. The van der Waals surface area contributed by atoms with Gasteiger partial charge in [-0.2, -0.15) is 0 Å². The lowest BCUT2D eigenvalue weighted by atomic mass is 9.81. The molecular weight excluding hydrogens is 651 g/mol. The molecule has 11 rings (SSSR count). The van der Waals surface area contributed by atoms with Gasteiger partial charge >= 0.3 is 0 Å². The van der Waals surface area contributed by atoms with Crippen molar-refractivity contribution in [1.82, 2.24) is 15.0 Å². The van der Waals surface area contributed by atoms with Crippen LogP contribution in [-0.4, -0.2) is 15.0 Å². The van der Waals surface area contributed by atoms with E-state index in [0.717, 1.165) is 82.8 Å². The van der Waals surface area contributed by atoms with E-state index < -0.39 is 0 Å². The minimum atomic E-state index is -0.285. The number of aromatic nitrogens is 3. The van der Waals surface area contributed by atoms with Gasteiger partial charge in [-0.25, -0.2) is 15.0 Å². The number of hydrogen-bond donors (Lipinski definition) is 0. The van der Waals surface area contributed by atoms with Crippen molar-refractivity contribution in [1.29, 1.82) is 0 Å². The van der Waals surface area contributed by atoms with Gasteiger partial charge in [-0.15, -0.1) is 0 Å². The predicted molar refractivity (Wildman–Crippen MR) is 214 cm³/mol. The Balaban J connectivity index is 1.12. The summed E-state index contributed by atoms with van der Waals surface area (Å²) < 4.78 is 13.5. The fourth-order valence-corrected chi connectivity index (χ4v) is 8.31. The maximum atomic E-state index is 6.87. The van der Waals surface area contributed by atoms with E-state index in [2.05, 4.69) is 86.6 Å². The van der Waals surface area contributed by atoms with Crippen molar-refractivity contribution in [3.05, 3.63) is 163 Å². The molecule has 0 saturated heterocycles. The summed E-state index contributed by atoms with van der Waals surface area (Å²) in [5.74, 6) is 1.91. The van der Waals surface area contributed by atoms with Gasteiger partial charge in [0.05, 0.1) is 0 Å². The normalized spacial score (nSPS) is 13.2. The number of furan rings is 2. The first kappa shape index (κ1) is 29.8. The van der Waals surface area contributed by atoms with Gasteiger partial charge in [-0.05, 0) is 40.5 Å². The molecule has 0 fully saturated rings. The molecule has 0 spiro atoms. The van der Waals surface area contributed by atoms with Crippen LogP contribution < -0.4 is 0 Å². The lowest BCUT2D eigenvalue weighted by molar-refractivity contribution is 0.651. The molecule has 0 aliphatic heterocycles. The molecule has 3 aromatic heterocycles. The summed E-state index contributed by atoms with van der Waals surface area (Å²) in [6.07, 6.45) is 0. The summed E-state index contributed by atoms with van der Waals surface area (Å²) in [4.78, 5) is 14.8. The molecule has 0 saturated carbocycles. The van der Waals surface area contributed by atoms with Crippen LogP contribution in [0.4, 0.5) is 0 Å². The molecule has 1 aliphatic carbocycles. The van der Waals surface area contributed by atoms with E-state index in [-0.39, 0.29) is 5.41 Å². The largest absolute Gasteiger partial charge is 0.455 e. The zero-order chi connectivity index (χ0) is 35.3. The highest BCUT2D eigenvalue weighted by molar-refractivity contribution is 6.21. The van der Waals surface area contributed by atoms with E-state index in [1.54, 1.807) is 0 Å². The fraction of sp³-hybridized carbons (Fsp3) is 0.0625. The van der Waals surface area contributed by atoms with Crippen molar-refractivity contribution < 1.29 is 8.83 Å². The minimum Gasteiger partial charge on any atom is -0.455 e. The second kappa shape index (κ2) is 11.1. The van der Waals surface area contributed by atoms with Crippen molar-refractivity contribution in [2.24, 2.45) is 0 Å². The van der Waals surface area contributed by atoms with Crippen LogP contribution in [-0.2, 0) is 5.41 Å². The number of rotatable bonds is 4. The summed E-state index contributed by atoms with van der Waals surface area (Å²) in [6, 6.07) is 52.3. The van der Waals surface area contributed by atoms with Gasteiger partial charge in [0.25, 0.3) is 0 Å². The van der Waals surface area contributed by atoms with Gasteiger partial charge in [0.2, 0.25) is 0 Å². The topological polar surface area (TPSA) is 65.0 Å². The van der Waals surface area contributed by atoms with E-state index in [9.17, 15) is 0 Å². The Morgan fingerprint density at radius 2 is 0.906 bits per heavy atom. The van der Waals surface area contributed by atoms with Gasteiger partial charge in [0.1, 0.15) is 22.3 Å².